The van der Waals surface area contributed by atoms with Gasteiger partial charge in [0.25, 0.3) is 5.91 Å². The van der Waals surface area contributed by atoms with Crippen LogP contribution in [-0.2, 0) is 6.54 Å². The molecule has 0 bridgehead atoms. The minimum atomic E-state index is -0.323. The Morgan fingerprint density at radius 1 is 1.07 bits per heavy atom. The first-order valence-corrected chi connectivity index (χ1v) is 8.63. The van der Waals surface area contributed by atoms with E-state index in [2.05, 4.69) is 20.4 Å². The lowest BCUT2D eigenvalue weighted by molar-refractivity contribution is 0.0950. The molecule has 0 fully saturated rings. The van der Waals surface area contributed by atoms with Crippen LogP contribution in [0.2, 0.25) is 0 Å². The molecule has 0 aliphatic heterocycles. The summed E-state index contributed by atoms with van der Waals surface area (Å²) in [5, 5.41) is 6.94. The Kier molecular flexibility index (Phi) is 4.88. The molecule has 138 valence electrons. The Morgan fingerprint density at radius 2 is 1.93 bits per heavy atom. The van der Waals surface area contributed by atoms with Gasteiger partial charge in [0.15, 0.2) is 0 Å². The zero-order valence-electron chi connectivity index (χ0n) is 14.8. The predicted molar refractivity (Wildman–Crippen MR) is 102 cm³/mol. The van der Waals surface area contributed by atoms with E-state index in [1.54, 1.807) is 35.3 Å². The monoisotopic (exact) mass is 373 g/mol. The molecule has 1 amide bonds. The van der Waals surface area contributed by atoms with E-state index < -0.39 is 0 Å². The molecule has 0 aliphatic rings. The molecule has 4 aromatic rings. The third kappa shape index (κ3) is 3.93. The number of benzene rings is 2. The number of aromatic nitrogens is 4. The average Bonchev–Trinajstić information content (AvgIpc) is 3.27. The van der Waals surface area contributed by atoms with Crippen molar-refractivity contribution in [3.05, 3.63) is 96.5 Å². The maximum Gasteiger partial charge on any atom is 0.253 e. The molecule has 6 nitrogen and oxygen atoms in total. The van der Waals surface area contributed by atoms with Gasteiger partial charge in [0.1, 0.15) is 18.5 Å². The van der Waals surface area contributed by atoms with Crippen molar-refractivity contribution in [2.75, 3.05) is 0 Å². The summed E-state index contributed by atoms with van der Waals surface area (Å²) in [4.78, 5) is 20.5. The second-order valence-corrected chi connectivity index (χ2v) is 6.13. The largest absolute Gasteiger partial charge is 0.348 e. The summed E-state index contributed by atoms with van der Waals surface area (Å²) in [5.74, 6) is -0.547. The third-order valence-corrected chi connectivity index (χ3v) is 4.22. The highest BCUT2D eigenvalue weighted by Gasteiger charge is 2.08. The van der Waals surface area contributed by atoms with Gasteiger partial charge in [-0.2, -0.15) is 5.10 Å². The standard InChI is InChI=1S/C21H16FN5O/c22-18-3-1-2-16(10-18)20-9-6-17(12-24-20)21(28)25-11-15-4-7-19(8-5-15)27-14-23-13-26-27/h1-10,12-14H,11H2,(H,25,28). The zero-order valence-corrected chi connectivity index (χ0v) is 14.8. The van der Waals surface area contributed by atoms with Crippen LogP contribution in [0.25, 0.3) is 16.9 Å². The van der Waals surface area contributed by atoms with Gasteiger partial charge in [-0.3, -0.25) is 9.78 Å². The smallest absolute Gasteiger partial charge is 0.253 e. The minimum absolute atomic E-state index is 0.223. The maximum absolute atomic E-state index is 13.3. The van der Waals surface area contributed by atoms with Crippen molar-refractivity contribution in [1.29, 1.82) is 0 Å². The van der Waals surface area contributed by atoms with Crippen LogP contribution >= 0.6 is 0 Å². The van der Waals surface area contributed by atoms with Crippen LogP contribution in [0.5, 0.6) is 0 Å². The van der Waals surface area contributed by atoms with E-state index in [0.29, 0.717) is 23.4 Å². The Morgan fingerprint density at radius 3 is 2.61 bits per heavy atom. The fourth-order valence-electron chi connectivity index (χ4n) is 2.74. The molecule has 2 aromatic carbocycles. The van der Waals surface area contributed by atoms with Crippen molar-refractivity contribution in [3.8, 4) is 16.9 Å². The SMILES string of the molecule is O=C(NCc1ccc(-n2cncn2)cc1)c1ccc(-c2cccc(F)c2)nc1. The van der Waals surface area contributed by atoms with Crippen LogP contribution in [0.3, 0.4) is 0 Å². The molecule has 0 saturated heterocycles. The fourth-order valence-corrected chi connectivity index (χ4v) is 2.74. The second kappa shape index (κ2) is 7.79. The molecule has 2 heterocycles. The van der Waals surface area contributed by atoms with Crippen LogP contribution in [0.15, 0.2) is 79.5 Å². The number of hydrogen-bond donors (Lipinski definition) is 1. The Balaban J connectivity index is 1.38. The Bertz CT molecular complexity index is 1080. The van der Waals surface area contributed by atoms with Crippen molar-refractivity contribution in [2.45, 2.75) is 6.54 Å². The summed E-state index contributed by atoms with van der Waals surface area (Å²) >= 11 is 0. The van der Waals surface area contributed by atoms with Gasteiger partial charge >= 0.3 is 0 Å². The van der Waals surface area contributed by atoms with Gasteiger partial charge in [-0.15, -0.1) is 0 Å². The number of carbonyl (C=O) groups excluding carboxylic acids is 1. The third-order valence-electron chi connectivity index (χ3n) is 4.22. The summed E-state index contributed by atoms with van der Waals surface area (Å²) in [5.41, 5.74) is 3.57. The molecule has 0 saturated carbocycles. The summed E-state index contributed by atoms with van der Waals surface area (Å²) < 4.78 is 15.0. The molecule has 0 aliphatic carbocycles. The summed E-state index contributed by atoms with van der Waals surface area (Å²) in [6.45, 7) is 0.391. The number of halogens is 1. The normalized spacial score (nSPS) is 10.6. The first-order valence-electron chi connectivity index (χ1n) is 8.63. The van der Waals surface area contributed by atoms with E-state index in [9.17, 15) is 9.18 Å². The molecule has 7 heteroatoms. The number of amides is 1. The molecule has 0 radical (unpaired) electrons. The molecule has 0 unspecified atom stereocenters. The van der Waals surface area contributed by atoms with Crippen LogP contribution in [0.4, 0.5) is 4.39 Å². The highest BCUT2D eigenvalue weighted by molar-refractivity contribution is 5.94. The highest BCUT2D eigenvalue weighted by atomic mass is 19.1. The quantitative estimate of drug-likeness (QED) is 0.582. The number of nitrogens with one attached hydrogen (secondary N) is 1. The first kappa shape index (κ1) is 17.5. The van der Waals surface area contributed by atoms with E-state index in [1.807, 2.05) is 24.3 Å². The maximum atomic E-state index is 13.3. The molecule has 2 aromatic heterocycles. The average molecular weight is 373 g/mol. The van der Waals surface area contributed by atoms with E-state index in [-0.39, 0.29) is 11.7 Å². The lowest BCUT2D eigenvalue weighted by atomic mass is 10.1. The van der Waals surface area contributed by atoms with Gasteiger partial charge in [-0.05, 0) is 42.0 Å². The van der Waals surface area contributed by atoms with Crippen molar-refractivity contribution in [1.82, 2.24) is 25.1 Å². The van der Waals surface area contributed by atoms with Gasteiger partial charge in [-0.1, -0.05) is 24.3 Å². The van der Waals surface area contributed by atoms with Crippen LogP contribution in [-0.4, -0.2) is 25.7 Å². The fraction of sp³-hybridized carbons (Fsp3) is 0.0476. The van der Waals surface area contributed by atoms with E-state index in [4.69, 9.17) is 0 Å². The van der Waals surface area contributed by atoms with Gasteiger partial charge in [0, 0.05) is 18.3 Å². The molecule has 0 atom stereocenters. The Labute approximate surface area is 160 Å². The van der Waals surface area contributed by atoms with E-state index >= 15 is 0 Å². The Hall–Kier alpha value is -3.87. The number of rotatable bonds is 5. The molecular weight excluding hydrogens is 357 g/mol. The van der Waals surface area contributed by atoms with Crippen molar-refractivity contribution in [2.24, 2.45) is 0 Å². The molecule has 0 spiro atoms. The van der Waals surface area contributed by atoms with Crippen molar-refractivity contribution >= 4 is 5.91 Å². The molecular formula is C21H16FN5O. The van der Waals surface area contributed by atoms with Gasteiger partial charge in [0.2, 0.25) is 0 Å². The summed E-state index contributed by atoms with van der Waals surface area (Å²) in [6, 6.07) is 17.2. The van der Waals surface area contributed by atoms with Gasteiger partial charge < -0.3 is 5.32 Å². The van der Waals surface area contributed by atoms with Crippen molar-refractivity contribution in [3.63, 3.8) is 0 Å². The lowest BCUT2D eigenvalue weighted by Gasteiger charge is -2.07. The number of nitrogens with zero attached hydrogens (tertiary/aromatic N) is 4. The van der Waals surface area contributed by atoms with Crippen LogP contribution in [0, 0.1) is 5.82 Å². The van der Waals surface area contributed by atoms with Gasteiger partial charge in [-0.25, -0.2) is 14.1 Å². The molecule has 1 N–H and O–H groups in total. The number of hydrogen-bond acceptors (Lipinski definition) is 4. The summed E-state index contributed by atoms with van der Waals surface area (Å²) in [7, 11) is 0. The topological polar surface area (TPSA) is 72.7 Å². The van der Waals surface area contributed by atoms with Crippen molar-refractivity contribution < 1.29 is 9.18 Å². The minimum Gasteiger partial charge on any atom is -0.348 e. The predicted octanol–water partition coefficient (Wildman–Crippen LogP) is 3.40. The summed E-state index contributed by atoms with van der Waals surface area (Å²) in [6.07, 6.45) is 4.59. The van der Waals surface area contributed by atoms with Crippen LogP contribution < -0.4 is 5.32 Å². The molecule has 28 heavy (non-hydrogen) atoms. The molecule has 4 rings (SSSR count). The van der Waals surface area contributed by atoms with E-state index in [0.717, 1.165) is 11.3 Å². The van der Waals surface area contributed by atoms with Gasteiger partial charge in [0.05, 0.1) is 16.9 Å². The number of pyridine rings is 1. The second-order valence-electron chi connectivity index (χ2n) is 6.13. The van der Waals surface area contributed by atoms with E-state index in [1.165, 1.54) is 24.7 Å². The number of carbonyl (C=O) groups is 1. The first-order chi connectivity index (χ1) is 13.7. The lowest BCUT2D eigenvalue weighted by Crippen LogP contribution is -2.22. The van der Waals surface area contributed by atoms with Crippen LogP contribution in [0.1, 0.15) is 15.9 Å². The highest BCUT2D eigenvalue weighted by Crippen LogP contribution is 2.18. The zero-order chi connectivity index (χ0) is 19.3.